The van der Waals surface area contributed by atoms with Gasteiger partial charge in [0.05, 0.1) is 11.6 Å². The SMILES string of the molecule is O=C(Nc1nc(-c2ccccc2)cs1)C1CC(=O)N(c2ccc(Cl)cc2)C1. The van der Waals surface area contributed by atoms with Gasteiger partial charge in [0.2, 0.25) is 11.8 Å². The first-order valence-corrected chi connectivity index (χ1v) is 9.73. The maximum atomic E-state index is 12.6. The highest BCUT2D eigenvalue weighted by molar-refractivity contribution is 7.14. The zero-order valence-corrected chi connectivity index (χ0v) is 15.8. The van der Waals surface area contributed by atoms with E-state index in [9.17, 15) is 9.59 Å². The van der Waals surface area contributed by atoms with Crippen molar-refractivity contribution in [1.82, 2.24) is 4.98 Å². The normalized spacial score (nSPS) is 16.6. The lowest BCUT2D eigenvalue weighted by Crippen LogP contribution is -2.28. The molecule has 1 fully saturated rings. The average molecular weight is 398 g/mol. The lowest BCUT2D eigenvalue weighted by atomic mass is 10.1. The summed E-state index contributed by atoms with van der Waals surface area (Å²) in [5, 5.41) is 5.90. The van der Waals surface area contributed by atoms with Crippen molar-refractivity contribution in [2.75, 3.05) is 16.8 Å². The first kappa shape index (κ1) is 17.7. The summed E-state index contributed by atoms with van der Waals surface area (Å²) in [5.74, 6) is -0.660. The molecule has 0 saturated carbocycles. The van der Waals surface area contributed by atoms with E-state index >= 15 is 0 Å². The maximum absolute atomic E-state index is 12.6. The van der Waals surface area contributed by atoms with Crippen LogP contribution in [0.2, 0.25) is 5.02 Å². The fourth-order valence-corrected chi connectivity index (χ4v) is 3.88. The lowest BCUT2D eigenvalue weighted by Gasteiger charge is -2.16. The summed E-state index contributed by atoms with van der Waals surface area (Å²) in [6.07, 6.45) is 0.186. The van der Waals surface area contributed by atoms with E-state index in [0.29, 0.717) is 16.7 Å². The van der Waals surface area contributed by atoms with Crippen LogP contribution in [0.3, 0.4) is 0 Å². The first-order valence-electron chi connectivity index (χ1n) is 8.48. The van der Waals surface area contributed by atoms with Gasteiger partial charge in [0.1, 0.15) is 0 Å². The second-order valence-corrected chi connectivity index (χ2v) is 7.57. The molecule has 4 rings (SSSR count). The molecule has 136 valence electrons. The van der Waals surface area contributed by atoms with Crippen LogP contribution in [-0.2, 0) is 9.59 Å². The maximum Gasteiger partial charge on any atom is 0.231 e. The van der Waals surface area contributed by atoms with Gasteiger partial charge in [-0.15, -0.1) is 11.3 Å². The quantitative estimate of drug-likeness (QED) is 0.707. The smallest absolute Gasteiger partial charge is 0.231 e. The van der Waals surface area contributed by atoms with Gasteiger partial charge in [0.15, 0.2) is 5.13 Å². The molecule has 1 saturated heterocycles. The standard InChI is InChI=1S/C20H16ClN3O2S/c21-15-6-8-16(9-7-15)24-11-14(10-18(24)25)19(26)23-20-22-17(12-27-20)13-4-2-1-3-5-13/h1-9,12,14H,10-11H2,(H,22,23,26). The van der Waals surface area contributed by atoms with Gasteiger partial charge in [0.25, 0.3) is 0 Å². The van der Waals surface area contributed by atoms with E-state index in [0.717, 1.165) is 16.9 Å². The molecular weight excluding hydrogens is 382 g/mol. The number of hydrogen-bond acceptors (Lipinski definition) is 4. The Morgan fingerprint density at radius 1 is 1.15 bits per heavy atom. The Balaban J connectivity index is 1.43. The summed E-state index contributed by atoms with van der Waals surface area (Å²) in [4.78, 5) is 31.0. The van der Waals surface area contributed by atoms with Crippen LogP contribution >= 0.6 is 22.9 Å². The van der Waals surface area contributed by atoms with Crippen LogP contribution in [-0.4, -0.2) is 23.3 Å². The molecule has 1 aliphatic rings. The number of aromatic nitrogens is 1. The topological polar surface area (TPSA) is 62.3 Å². The van der Waals surface area contributed by atoms with E-state index in [1.165, 1.54) is 11.3 Å². The van der Waals surface area contributed by atoms with Crippen LogP contribution in [0.4, 0.5) is 10.8 Å². The Hall–Kier alpha value is -2.70. The molecule has 5 nitrogen and oxygen atoms in total. The molecule has 3 aromatic rings. The average Bonchev–Trinajstić information content (AvgIpc) is 3.30. The lowest BCUT2D eigenvalue weighted by molar-refractivity contribution is -0.122. The van der Waals surface area contributed by atoms with Crippen LogP contribution in [0.1, 0.15) is 6.42 Å². The van der Waals surface area contributed by atoms with Crippen molar-refractivity contribution in [3.8, 4) is 11.3 Å². The number of anilines is 2. The Bertz CT molecular complexity index is 972. The van der Waals surface area contributed by atoms with Gasteiger partial charge in [-0.1, -0.05) is 41.9 Å². The zero-order chi connectivity index (χ0) is 18.8. The van der Waals surface area contributed by atoms with Crippen LogP contribution in [0.15, 0.2) is 60.0 Å². The molecule has 0 bridgehead atoms. The number of thiazole rings is 1. The number of halogens is 1. The van der Waals surface area contributed by atoms with Gasteiger partial charge in [-0.3, -0.25) is 9.59 Å². The minimum atomic E-state index is -0.405. The highest BCUT2D eigenvalue weighted by atomic mass is 35.5. The summed E-state index contributed by atoms with van der Waals surface area (Å²) in [6, 6.07) is 16.8. The monoisotopic (exact) mass is 397 g/mol. The van der Waals surface area contributed by atoms with E-state index in [1.807, 2.05) is 35.7 Å². The van der Waals surface area contributed by atoms with Crippen molar-refractivity contribution in [3.05, 3.63) is 65.0 Å². The van der Waals surface area contributed by atoms with E-state index < -0.39 is 5.92 Å². The van der Waals surface area contributed by atoms with Crippen LogP contribution in [0.25, 0.3) is 11.3 Å². The van der Waals surface area contributed by atoms with E-state index in [-0.39, 0.29) is 18.2 Å². The minimum absolute atomic E-state index is 0.0680. The van der Waals surface area contributed by atoms with Crippen LogP contribution < -0.4 is 10.2 Å². The summed E-state index contributed by atoms with van der Waals surface area (Å²) >= 11 is 7.27. The molecule has 0 radical (unpaired) electrons. The number of rotatable bonds is 4. The number of amides is 2. The van der Waals surface area contributed by atoms with Gasteiger partial charge in [-0.05, 0) is 24.3 Å². The van der Waals surface area contributed by atoms with Crippen molar-refractivity contribution in [3.63, 3.8) is 0 Å². The molecule has 7 heteroatoms. The molecule has 2 heterocycles. The van der Waals surface area contributed by atoms with Crippen molar-refractivity contribution < 1.29 is 9.59 Å². The largest absolute Gasteiger partial charge is 0.312 e. The summed E-state index contributed by atoms with van der Waals surface area (Å²) < 4.78 is 0. The van der Waals surface area contributed by atoms with Gasteiger partial charge in [-0.2, -0.15) is 0 Å². The highest BCUT2D eigenvalue weighted by Crippen LogP contribution is 2.29. The molecule has 2 amide bonds. The van der Waals surface area contributed by atoms with Crippen LogP contribution in [0, 0.1) is 5.92 Å². The third-order valence-electron chi connectivity index (χ3n) is 4.44. The third-order valence-corrected chi connectivity index (χ3v) is 5.45. The fraction of sp³-hybridized carbons (Fsp3) is 0.150. The first-order chi connectivity index (χ1) is 13.1. The number of benzene rings is 2. The van der Waals surface area contributed by atoms with E-state index in [2.05, 4.69) is 10.3 Å². The number of hydrogen-bond donors (Lipinski definition) is 1. The summed E-state index contributed by atoms with van der Waals surface area (Å²) in [5.41, 5.74) is 2.57. The van der Waals surface area contributed by atoms with Crippen molar-refractivity contribution in [2.24, 2.45) is 5.92 Å². The Morgan fingerprint density at radius 2 is 1.89 bits per heavy atom. The van der Waals surface area contributed by atoms with Gasteiger partial charge in [0, 0.05) is 34.6 Å². The molecule has 1 aromatic heterocycles. The van der Waals surface area contributed by atoms with Gasteiger partial charge >= 0.3 is 0 Å². The van der Waals surface area contributed by atoms with Crippen molar-refractivity contribution >= 4 is 45.6 Å². The number of nitrogens with one attached hydrogen (secondary N) is 1. The molecule has 1 aliphatic heterocycles. The molecule has 0 spiro atoms. The Labute approximate surface area is 165 Å². The van der Waals surface area contributed by atoms with Gasteiger partial charge in [-0.25, -0.2) is 4.98 Å². The Morgan fingerprint density at radius 3 is 2.63 bits per heavy atom. The second kappa shape index (κ2) is 7.50. The molecule has 27 heavy (non-hydrogen) atoms. The van der Waals surface area contributed by atoms with Gasteiger partial charge < -0.3 is 10.2 Å². The highest BCUT2D eigenvalue weighted by Gasteiger charge is 2.35. The molecule has 1 N–H and O–H groups in total. The number of carbonyl (C=O) groups is 2. The van der Waals surface area contributed by atoms with Crippen molar-refractivity contribution in [1.29, 1.82) is 0 Å². The zero-order valence-electron chi connectivity index (χ0n) is 14.3. The van der Waals surface area contributed by atoms with E-state index in [4.69, 9.17) is 11.6 Å². The molecule has 0 aliphatic carbocycles. The second-order valence-electron chi connectivity index (χ2n) is 6.27. The Kier molecular flexibility index (Phi) is 4.92. The molecule has 1 unspecified atom stereocenters. The van der Waals surface area contributed by atoms with Crippen LogP contribution in [0.5, 0.6) is 0 Å². The summed E-state index contributed by atoms with van der Waals surface area (Å²) in [7, 11) is 0. The molecule has 1 atom stereocenters. The number of carbonyl (C=O) groups excluding carboxylic acids is 2. The summed E-state index contributed by atoms with van der Waals surface area (Å²) in [6.45, 7) is 0.350. The van der Waals surface area contributed by atoms with Crippen molar-refractivity contribution in [2.45, 2.75) is 6.42 Å². The predicted octanol–water partition coefficient (Wildman–Crippen LogP) is 4.46. The molecule has 2 aromatic carbocycles. The van der Waals surface area contributed by atoms with E-state index in [1.54, 1.807) is 29.2 Å². The minimum Gasteiger partial charge on any atom is -0.312 e. The predicted molar refractivity (Wildman–Crippen MR) is 108 cm³/mol. The number of nitrogens with zero attached hydrogens (tertiary/aromatic N) is 2. The fourth-order valence-electron chi connectivity index (χ4n) is 3.03. The molecular formula is C20H16ClN3O2S. The third kappa shape index (κ3) is 3.86.